The van der Waals surface area contributed by atoms with Gasteiger partial charge in [0.2, 0.25) is 0 Å². The molecule has 0 saturated heterocycles. The molecule has 0 heterocycles. The van der Waals surface area contributed by atoms with Crippen LogP contribution in [0, 0.1) is 5.92 Å². The van der Waals surface area contributed by atoms with Crippen LogP contribution < -0.4 is 0 Å². The summed E-state index contributed by atoms with van der Waals surface area (Å²) in [7, 11) is 0. The van der Waals surface area contributed by atoms with E-state index in [0.29, 0.717) is 0 Å². The second-order valence-corrected chi connectivity index (χ2v) is 3.81. The van der Waals surface area contributed by atoms with Gasteiger partial charge in [-0.2, -0.15) is 0 Å². The molecule has 0 saturated carbocycles. The monoisotopic (exact) mass is 194 g/mol. The molecule has 0 aromatic heterocycles. The van der Waals surface area contributed by atoms with Gasteiger partial charge in [-0.3, -0.25) is 4.79 Å². The van der Waals surface area contributed by atoms with Crippen LogP contribution in [-0.2, 0) is 4.79 Å². The largest absolute Gasteiger partial charge is 0.295 e. The lowest BCUT2D eigenvalue weighted by Crippen LogP contribution is -2.01. The lowest BCUT2D eigenvalue weighted by Gasteiger charge is -1.96. The summed E-state index contributed by atoms with van der Waals surface area (Å²) in [5.41, 5.74) is 0. The molecule has 0 atom stereocenters. The number of hydrogen-bond donors (Lipinski definition) is 0. The zero-order valence-corrected chi connectivity index (χ0v) is 9.62. The first-order chi connectivity index (χ1) is 6.68. The van der Waals surface area contributed by atoms with Crippen molar-refractivity contribution in [3.05, 3.63) is 24.3 Å². The standard InChI is InChI=1S/C13H22O/c1-4-5-6-7-8-9-10-11-13(14)12(2)3/h4-5,10-12H,6-9H2,1-3H3. The maximum Gasteiger partial charge on any atom is 0.157 e. The highest BCUT2D eigenvalue weighted by Crippen LogP contribution is 2.03. The maximum absolute atomic E-state index is 11.2. The van der Waals surface area contributed by atoms with Crippen molar-refractivity contribution in [3.8, 4) is 0 Å². The molecule has 0 amide bonds. The summed E-state index contributed by atoms with van der Waals surface area (Å²) in [5.74, 6) is 0.368. The highest BCUT2D eigenvalue weighted by molar-refractivity contribution is 5.91. The number of rotatable bonds is 7. The molecule has 0 unspecified atom stereocenters. The third-order valence-corrected chi connectivity index (χ3v) is 2.08. The van der Waals surface area contributed by atoms with E-state index < -0.39 is 0 Å². The first-order valence-corrected chi connectivity index (χ1v) is 5.50. The van der Waals surface area contributed by atoms with E-state index in [-0.39, 0.29) is 11.7 Å². The Bertz CT molecular complexity index is 199. The molecule has 0 bridgehead atoms. The first kappa shape index (κ1) is 13.2. The minimum Gasteiger partial charge on any atom is -0.295 e. The molecular weight excluding hydrogens is 172 g/mol. The van der Waals surface area contributed by atoms with E-state index in [9.17, 15) is 4.79 Å². The van der Waals surface area contributed by atoms with Crippen molar-refractivity contribution in [3.63, 3.8) is 0 Å². The molecule has 0 fully saturated rings. The fourth-order valence-corrected chi connectivity index (χ4v) is 1.08. The molecule has 0 aliphatic heterocycles. The maximum atomic E-state index is 11.2. The van der Waals surface area contributed by atoms with Crippen LogP contribution in [0.25, 0.3) is 0 Å². The van der Waals surface area contributed by atoms with Crippen LogP contribution in [0.2, 0.25) is 0 Å². The fourth-order valence-electron chi connectivity index (χ4n) is 1.08. The Labute approximate surface area is 87.9 Å². The van der Waals surface area contributed by atoms with Crippen molar-refractivity contribution in [2.75, 3.05) is 0 Å². The van der Waals surface area contributed by atoms with Gasteiger partial charge in [-0.05, 0) is 38.7 Å². The summed E-state index contributed by atoms with van der Waals surface area (Å²) in [6, 6.07) is 0. The van der Waals surface area contributed by atoms with Gasteiger partial charge in [0.25, 0.3) is 0 Å². The molecule has 0 N–H and O–H groups in total. The summed E-state index contributed by atoms with van der Waals surface area (Å²) >= 11 is 0. The smallest absolute Gasteiger partial charge is 0.157 e. The average molecular weight is 194 g/mol. The highest BCUT2D eigenvalue weighted by atomic mass is 16.1. The second kappa shape index (κ2) is 8.74. The molecule has 0 spiro atoms. The lowest BCUT2D eigenvalue weighted by molar-refractivity contribution is -0.117. The van der Waals surface area contributed by atoms with Crippen LogP contribution in [0.1, 0.15) is 46.5 Å². The molecule has 1 heteroatoms. The van der Waals surface area contributed by atoms with Gasteiger partial charge in [-0.15, -0.1) is 0 Å². The van der Waals surface area contributed by atoms with Gasteiger partial charge >= 0.3 is 0 Å². The lowest BCUT2D eigenvalue weighted by atomic mass is 10.1. The molecule has 0 aromatic carbocycles. The third-order valence-electron chi connectivity index (χ3n) is 2.08. The van der Waals surface area contributed by atoms with Crippen LogP contribution in [0.4, 0.5) is 0 Å². The first-order valence-electron chi connectivity index (χ1n) is 5.50. The number of unbranched alkanes of at least 4 members (excludes halogenated alkanes) is 3. The fraction of sp³-hybridized carbons (Fsp3) is 0.615. The summed E-state index contributed by atoms with van der Waals surface area (Å²) in [6.07, 6.45) is 12.6. The second-order valence-electron chi connectivity index (χ2n) is 3.81. The van der Waals surface area contributed by atoms with Crippen LogP contribution >= 0.6 is 0 Å². The summed E-state index contributed by atoms with van der Waals surface area (Å²) in [4.78, 5) is 11.2. The van der Waals surface area contributed by atoms with Gasteiger partial charge in [0.05, 0.1) is 0 Å². The Hall–Kier alpha value is -0.850. The van der Waals surface area contributed by atoms with Gasteiger partial charge < -0.3 is 0 Å². The minimum atomic E-state index is 0.134. The third kappa shape index (κ3) is 7.78. The molecule has 0 aliphatic carbocycles. The van der Waals surface area contributed by atoms with Crippen LogP contribution in [-0.4, -0.2) is 5.78 Å². The van der Waals surface area contributed by atoms with Gasteiger partial charge in [0.15, 0.2) is 5.78 Å². The molecule has 0 aliphatic rings. The number of ketones is 1. The molecule has 0 rings (SSSR count). The van der Waals surface area contributed by atoms with Crippen molar-refractivity contribution in [2.45, 2.75) is 46.5 Å². The van der Waals surface area contributed by atoms with E-state index in [1.165, 1.54) is 12.8 Å². The van der Waals surface area contributed by atoms with E-state index in [1.54, 1.807) is 6.08 Å². The van der Waals surface area contributed by atoms with E-state index in [4.69, 9.17) is 0 Å². The molecule has 14 heavy (non-hydrogen) atoms. The Balaban J connectivity index is 3.40. The van der Waals surface area contributed by atoms with E-state index >= 15 is 0 Å². The quantitative estimate of drug-likeness (QED) is 0.341. The van der Waals surface area contributed by atoms with E-state index in [1.807, 2.05) is 26.8 Å². The Kier molecular flexibility index (Phi) is 8.20. The summed E-state index contributed by atoms with van der Waals surface area (Å²) in [5, 5.41) is 0. The van der Waals surface area contributed by atoms with Gasteiger partial charge in [0.1, 0.15) is 0 Å². The number of carbonyl (C=O) groups excluding carboxylic acids is 1. The average Bonchev–Trinajstić information content (AvgIpc) is 2.16. The van der Waals surface area contributed by atoms with Crippen molar-refractivity contribution in [1.82, 2.24) is 0 Å². The molecule has 0 radical (unpaired) electrons. The van der Waals surface area contributed by atoms with Crippen molar-refractivity contribution < 1.29 is 4.79 Å². The number of hydrogen-bond acceptors (Lipinski definition) is 1. The zero-order chi connectivity index (χ0) is 10.8. The normalized spacial score (nSPS) is 12.0. The van der Waals surface area contributed by atoms with Crippen molar-refractivity contribution in [2.24, 2.45) is 5.92 Å². The Morgan fingerprint density at radius 1 is 1.14 bits per heavy atom. The van der Waals surface area contributed by atoms with Crippen LogP contribution in [0.3, 0.4) is 0 Å². The van der Waals surface area contributed by atoms with E-state index in [0.717, 1.165) is 12.8 Å². The minimum absolute atomic E-state index is 0.134. The highest BCUT2D eigenvalue weighted by Gasteiger charge is 2.00. The van der Waals surface area contributed by atoms with Gasteiger partial charge in [-0.25, -0.2) is 0 Å². The Morgan fingerprint density at radius 3 is 2.21 bits per heavy atom. The molecule has 1 nitrogen and oxygen atoms in total. The van der Waals surface area contributed by atoms with Gasteiger partial charge in [0, 0.05) is 5.92 Å². The predicted octanol–water partition coefficient (Wildman–Crippen LogP) is 3.90. The molecule has 0 aromatic rings. The summed E-state index contributed by atoms with van der Waals surface area (Å²) < 4.78 is 0. The molecular formula is C13H22O. The van der Waals surface area contributed by atoms with Crippen molar-refractivity contribution in [1.29, 1.82) is 0 Å². The SMILES string of the molecule is CC=CCCCCC=CC(=O)C(C)C. The van der Waals surface area contributed by atoms with Crippen LogP contribution in [0.15, 0.2) is 24.3 Å². The molecule has 80 valence electrons. The topological polar surface area (TPSA) is 17.1 Å². The Morgan fingerprint density at radius 2 is 1.71 bits per heavy atom. The number of carbonyl (C=O) groups is 1. The van der Waals surface area contributed by atoms with E-state index in [2.05, 4.69) is 12.2 Å². The van der Waals surface area contributed by atoms with Gasteiger partial charge in [-0.1, -0.05) is 32.1 Å². The number of allylic oxidation sites excluding steroid dienone is 4. The summed E-state index contributed by atoms with van der Waals surface area (Å²) in [6.45, 7) is 5.90. The van der Waals surface area contributed by atoms with Crippen molar-refractivity contribution >= 4 is 5.78 Å². The predicted molar refractivity (Wildman–Crippen MR) is 62.3 cm³/mol. The zero-order valence-electron chi connectivity index (χ0n) is 9.62. The van der Waals surface area contributed by atoms with Crippen LogP contribution in [0.5, 0.6) is 0 Å².